The van der Waals surface area contributed by atoms with Gasteiger partial charge in [0.05, 0.1) is 40.7 Å². The number of hydrogen-bond acceptors (Lipinski definition) is 10. The van der Waals surface area contributed by atoms with E-state index in [1.54, 1.807) is 12.1 Å². The summed E-state index contributed by atoms with van der Waals surface area (Å²) in [5.74, 6) is 1.03. The number of carbonyl (C=O) groups is 1. The molecule has 0 spiro atoms. The molecule has 0 bridgehead atoms. The van der Waals surface area contributed by atoms with E-state index in [4.69, 9.17) is 9.57 Å². The van der Waals surface area contributed by atoms with Crippen LogP contribution in [0.5, 0.6) is 5.75 Å². The van der Waals surface area contributed by atoms with E-state index in [-0.39, 0.29) is 17.1 Å². The van der Waals surface area contributed by atoms with E-state index in [1.165, 1.54) is 49.8 Å². The Hall–Kier alpha value is -5.01. The maximum Gasteiger partial charge on any atom is 0.322 e. The minimum Gasteiger partial charge on any atom is -0.497 e. The fraction of sp³-hybridized carbons (Fsp3) is 0.200. The number of benzene rings is 3. The third-order valence-electron chi connectivity index (χ3n) is 6.65. The van der Waals surface area contributed by atoms with Crippen LogP contribution in [0, 0.1) is 0 Å². The zero-order valence-corrected chi connectivity index (χ0v) is 24.7. The lowest BCUT2D eigenvalue weighted by molar-refractivity contribution is -0.128. The highest BCUT2D eigenvalue weighted by Gasteiger charge is 2.27. The molecule has 0 amide bonds. The number of imidazole rings is 1. The van der Waals surface area contributed by atoms with Crippen LogP contribution in [-0.2, 0) is 26.2 Å². The standard InChI is InChI=1S/C30H31N7O5S/c1-35(2)15-4-16-36-20-33-28-17-22(5-14-29(28)36)27-18-30(32-19-31-27)34-23-6-8-24(9-7-23)37(42-21-38)43(39,40)26-12-10-25(41-3)11-13-26/h5-14,17-21H,4,15-16H2,1-3H3,(H,31,32,34). The largest absolute Gasteiger partial charge is 0.497 e. The summed E-state index contributed by atoms with van der Waals surface area (Å²) >= 11 is 0. The lowest BCUT2D eigenvalue weighted by Crippen LogP contribution is -2.30. The monoisotopic (exact) mass is 601 g/mol. The van der Waals surface area contributed by atoms with Crippen molar-refractivity contribution in [3.8, 4) is 17.0 Å². The molecule has 0 unspecified atom stereocenters. The summed E-state index contributed by atoms with van der Waals surface area (Å²) in [6.07, 6.45) is 4.37. The van der Waals surface area contributed by atoms with Crippen LogP contribution >= 0.6 is 0 Å². The smallest absolute Gasteiger partial charge is 0.322 e. The van der Waals surface area contributed by atoms with Gasteiger partial charge in [-0.15, -0.1) is 0 Å². The fourth-order valence-electron chi connectivity index (χ4n) is 4.50. The lowest BCUT2D eigenvalue weighted by Gasteiger charge is -2.21. The van der Waals surface area contributed by atoms with Crippen molar-refractivity contribution in [3.63, 3.8) is 0 Å². The number of anilines is 3. The van der Waals surface area contributed by atoms with Gasteiger partial charge in [-0.05, 0) is 87.7 Å². The van der Waals surface area contributed by atoms with Gasteiger partial charge in [0.2, 0.25) is 0 Å². The van der Waals surface area contributed by atoms with E-state index >= 15 is 0 Å². The molecule has 0 saturated carbocycles. The summed E-state index contributed by atoms with van der Waals surface area (Å²) in [7, 11) is 1.41. The van der Waals surface area contributed by atoms with E-state index in [1.807, 2.05) is 24.5 Å². The van der Waals surface area contributed by atoms with Crippen LogP contribution < -0.4 is 14.5 Å². The molecular formula is C30H31N7O5S. The molecule has 12 nitrogen and oxygen atoms in total. The normalized spacial score (nSPS) is 11.4. The molecule has 2 heterocycles. The third-order valence-corrected chi connectivity index (χ3v) is 8.25. The van der Waals surface area contributed by atoms with Crippen LogP contribution in [0.2, 0.25) is 0 Å². The SMILES string of the molecule is COc1ccc(S(=O)(=O)N(OC=O)c2ccc(Nc3cc(-c4ccc5c(c4)ncn5CCCN(C)C)ncn3)cc2)cc1. The van der Waals surface area contributed by atoms with Crippen molar-refractivity contribution in [2.24, 2.45) is 0 Å². The van der Waals surface area contributed by atoms with Crippen LogP contribution in [0.25, 0.3) is 22.3 Å². The van der Waals surface area contributed by atoms with Crippen molar-refractivity contribution in [2.75, 3.05) is 37.5 Å². The Balaban J connectivity index is 1.31. The Morgan fingerprint density at radius 1 is 0.953 bits per heavy atom. The van der Waals surface area contributed by atoms with Crippen LogP contribution in [0.4, 0.5) is 17.2 Å². The van der Waals surface area contributed by atoms with Crippen molar-refractivity contribution in [2.45, 2.75) is 17.9 Å². The molecule has 0 aliphatic carbocycles. The van der Waals surface area contributed by atoms with E-state index < -0.39 is 10.0 Å². The van der Waals surface area contributed by atoms with E-state index in [0.717, 1.165) is 36.1 Å². The molecule has 0 saturated heterocycles. The van der Waals surface area contributed by atoms with Crippen LogP contribution in [0.15, 0.2) is 90.3 Å². The van der Waals surface area contributed by atoms with Crippen LogP contribution in [0.1, 0.15) is 6.42 Å². The average molecular weight is 602 g/mol. The molecule has 0 fully saturated rings. The van der Waals surface area contributed by atoms with Crippen molar-refractivity contribution < 1.29 is 22.8 Å². The molecule has 2 aromatic heterocycles. The highest BCUT2D eigenvalue weighted by atomic mass is 32.2. The number of sulfonamides is 1. The summed E-state index contributed by atoms with van der Waals surface area (Å²) in [5, 5.41) is 3.20. The van der Waals surface area contributed by atoms with Gasteiger partial charge in [0.1, 0.15) is 17.9 Å². The van der Waals surface area contributed by atoms with Gasteiger partial charge in [-0.25, -0.2) is 15.0 Å². The molecule has 43 heavy (non-hydrogen) atoms. The molecule has 3 aromatic carbocycles. The minimum atomic E-state index is -4.20. The number of nitrogens with zero attached hydrogens (tertiary/aromatic N) is 6. The second kappa shape index (κ2) is 12.9. The first-order valence-corrected chi connectivity index (χ1v) is 14.8. The van der Waals surface area contributed by atoms with Crippen molar-refractivity contribution in [3.05, 3.63) is 85.5 Å². The predicted molar refractivity (Wildman–Crippen MR) is 163 cm³/mol. The van der Waals surface area contributed by atoms with Gasteiger partial charge in [0.25, 0.3) is 10.0 Å². The van der Waals surface area contributed by atoms with Gasteiger partial charge in [-0.3, -0.25) is 4.79 Å². The lowest BCUT2D eigenvalue weighted by atomic mass is 10.1. The number of rotatable bonds is 13. The molecule has 0 radical (unpaired) electrons. The van der Waals surface area contributed by atoms with Crippen molar-refractivity contribution in [1.29, 1.82) is 0 Å². The number of fused-ring (bicyclic) bond motifs is 1. The fourth-order valence-corrected chi connectivity index (χ4v) is 5.71. The number of carbonyl (C=O) groups excluding carboxylic acids is 1. The Morgan fingerprint density at radius 3 is 2.42 bits per heavy atom. The Morgan fingerprint density at radius 2 is 1.72 bits per heavy atom. The second-order valence-corrected chi connectivity index (χ2v) is 11.6. The average Bonchev–Trinajstić information content (AvgIpc) is 3.42. The maximum absolute atomic E-state index is 13.2. The van der Waals surface area contributed by atoms with Crippen molar-refractivity contribution >= 4 is 44.7 Å². The summed E-state index contributed by atoms with van der Waals surface area (Å²) in [6, 6.07) is 20.0. The van der Waals surface area contributed by atoms with Crippen molar-refractivity contribution in [1.82, 2.24) is 24.4 Å². The molecule has 5 rings (SSSR count). The van der Waals surface area contributed by atoms with Gasteiger partial charge in [-0.1, -0.05) is 10.5 Å². The first-order chi connectivity index (χ1) is 20.8. The number of nitrogens with one attached hydrogen (secondary N) is 1. The summed E-state index contributed by atoms with van der Waals surface area (Å²) in [4.78, 5) is 31.5. The zero-order valence-electron chi connectivity index (χ0n) is 23.9. The van der Waals surface area contributed by atoms with E-state index in [0.29, 0.717) is 27.4 Å². The topological polar surface area (TPSA) is 132 Å². The molecule has 0 aliphatic heterocycles. The molecule has 1 N–H and O–H groups in total. The first-order valence-electron chi connectivity index (χ1n) is 13.4. The quantitative estimate of drug-likeness (QED) is 0.152. The first kappa shape index (κ1) is 29.5. The minimum absolute atomic E-state index is 0.0582. The number of ether oxygens (including phenoxy) is 1. The predicted octanol–water partition coefficient (Wildman–Crippen LogP) is 4.48. The summed E-state index contributed by atoms with van der Waals surface area (Å²) in [5.41, 5.74) is 4.33. The number of aromatic nitrogens is 4. The van der Waals surface area contributed by atoms with Gasteiger partial charge < -0.3 is 24.4 Å². The highest BCUT2D eigenvalue weighted by Crippen LogP contribution is 2.28. The summed E-state index contributed by atoms with van der Waals surface area (Å²) in [6.45, 7) is 1.95. The number of methoxy groups -OCH3 is 1. The number of aryl methyl sites for hydroxylation is 1. The van der Waals surface area contributed by atoms with Crippen LogP contribution in [0.3, 0.4) is 0 Å². The maximum atomic E-state index is 13.2. The second-order valence-electron chi connectivity index (χ2n) is 9.87. The molecule has 0 aliphatic rings. The van der Waals surface area contributed by atoms with Crippen LogP contribution in [-0.4, -0.2) is 67.1 Å². The molecule has 13 heteroatoms. The molecule has 5 aromatic rings. The summed E-state index contributed by atoms with van der Waals surface area (Å²) < 4.78 is 34.2. The third kappa shape index (κ3) is 6.74. The highest BCUT2D eigenvalue weighted by molar-refractivity contribution is 7.92. The zero-order chi connectivity index (χ0) is 30.4. The van der Waals surface area contributed by atoms with E-state index in [2.05, 4.69) is 49.9 Å². The van der Waals surface area contributed by atoms with Gasteiger partial charge in [-0.2, -0.15) is 8.42 Å². The Labute approximate surface area is 249 Å². The Kier molecular flexibility index (Phi) is 8.83. The van der Waals surface area contributed by atoms with E-state index in [9.17, 15) is 13.2 Å². The van der Waals surface area contributed by atoms with Gasteiger partial charge >= 0.3 is 6.47 Å². The van der Waals surface area contributed by atoms with Gasteiger partial charge in [0, 0.05) is 23.9 Å². The molecule has 222 valence electrons. The van der Waals surface area contributed by atoms with Gasteiger partial charge in [0.15, 0.2) is 0 Å². The molecule has 0 atom stereocenters. The Bertz CT molecular complexity index is 1810. The number of hydrogen-bond donors (Lipinski definition) is 1. The molecular weight excluding hydrogens is 570 g/mol.